The first kappa shape index (κ1) is 13.6. The highest BCUT2D eigenvalue weighted by Crippen LogP contribution is 2.26. The highest BCUT2D eigenvalue weighted by atomic mass is 32.1. The summed E-state index contributed by atoms with van der Waals surface area (Å²) in [4.78, 5) is 5.56. The predicted molar refractivity (Wildman–Crippen MR) is 75.0 cm³/mol. The monoisotopic (exact) mass is 284 g/mol. The number of nitrogens with zero attached hydrogens (tertiary/aromatic N) is 1. The van der Waals surface area contributed by atoms with Gasteiger partial charge in [0.1, 0.15) is 5.01 Å². The van der Waals surface area contributed by atoms with Gasteiger partial charge >= 0.3 is 0 Å². The minimum Gasteiger partial charge on any atom is -0.389 e. The second-order valence-corrected chi connectivity index (χ2v) is 5.78. The van der Waals surface area contributed by atoms with Gasteiger partial charge in [-0.15, -0.1) is 11.3 Å². The van der Waals surface area contributed by atoms with Crippen LogP contribution in [0, 0.1) is 0 Å². The Hall–Kier alpha value is -0.790. The first-order valence-electron chi connectivity index (χ1n) is 5.64. The first-order valence-corrected chi connectivity index (χ1v) is 7.40. The van der Waals surface area contributed by atoms with Crippen LogP contribution in [0.3, 0.4) is 0 Å². The van der Waals surface area contributed by atoms with Crippen LogP contribution in [0.5, 0.6) is 0 Å². The smallest absolute Gasteiger partial charge is 0.124 e. The van der Waals surface area contributed by atoms with Gasteiger partial charge in [-0.25, -0.2) is 4.98 Å². The van der Waals surface area contributed by atoms with Gasteiger partial charge in [0.05, 0.1) is 12.7 Å². The second kappa shape index (κ2) is 6.96. The molecule has 18 heavy (non-hydrogen) atoms. The molecule has 2 aromatic heterocycles. The summed E-state index contributed by atoms with van der Waals surface area (Å²) in [6, 6.07) is 2.07. The lowest BCUT2D eigenvalue weighted by Crippen LogP contribution is -2.29. The topological polar surface area (TPSA) is 54.4 Å². The van der Waals surface area contributed by atoms with Crippen molar-refractivity contribution < 1.29 is 9.84 Å². The van der Waals surface area contributed by atoms with E-state index in [1.165, 1.54) is 10.4 Å². The standard InChI is InChI=1S/C12H16N2O2S2/c1-16-7-10(15)4-13-5-11-6-14-12(18-11)9-2-3-17-8-9/h2-3,6,8,10,13,15H,4-5,7H2,1H3. The van der Waals surface area contributed by atoms with Crippen LogP contribution in [0.25, 0.3) is 10.6 Å². The van der Waals surface area contributed by atoms with Gasteiger partial charge in [0.15, 0.2) is 0 Å². The van der Waals surface area contributed by atoms with E-state index >= 15 is 0 Å². The van der Waals surface area contributed by atoms with Crippen molar-refractivity contribution in [3.05, 3.63) is 27.9 Å². The fourth-order valence-corrected chi connectivity index (χ4v) is 3.12. The quantitative estimate of drug-likeness (QED) is 0.816. The summed E-state index contributed by atoms with van der Waals surface area (Å²) in [5.74, 6) is 0. The fraction of sp³-hybridized carbons (Fsp3) is 0.417. The van der Waals surface area contributed by atoms with Crippen molar-refractivity contribution in [2.24, 2.45) is 0 Å². The normalized spacial score (nSPS) is 12.8. The highest BCUT2D eigenvalue weighted by Gasteiger charge is 2.06. The third-order valence-electron chi connectivity index (χ3n) is 2.36. The van der Waals surface area contributed by atoms with Gasteiger partial charge in [0.25, 0.3) is 0 Å². The van der Waals surface area contributed by atoms with Crippen LogP contribution in [-0.4, -0.2) is 36.5 Å². The summed E-state index contributed by atoms with van der Waals surface area (Å²) >= 11 is 3.35. The molecule has 0 saturated carbocycles. The molecule has 0 aromatic carbocycles. The van der Waals surface area contributed by atoms with E-state index in [1.807, 2.05) is 6.20 Å². The minimum absolute atomic E-state index is 0.357. The average Bonchev–Trinajstić information content (AvgIpc) is 2.99. The zero-order valence-corrected chi connectivity index (χ0v) is 11.8. The molecule has 0 spiro atoms. The Kier molecular flexibility index (Phi) is 5.27. The van der Waals surface area contributed by atoms with Crippen LogP contribution >= 0.6 is 22.7 Å². The molecule has 0 fully saturated rings. The molecule has 2 heterocycles. The Morgan fingerprint density at radius 2 is 2.44 bits per heavy atom. The van der Waals surface area contributed by atoms with Crippen LogP contribution in [0.2, 0.25) is 0 Å². The number of ether oxygens (including phenoxy) is 1. The molecule has 0 amide bonds. The van der Waals surface area contributed by atoms with Gasteiger partial charge < -0.3 is 15.2 Å². The predicted octanol–water partition coefficient (Wildman–Crippen LogP) is 1.97. The number of rotatable bonds is 7. The summed E-state index contributed by atoms with van der Waals surface area (Å²) < 4.78 is 4.86. The molecule has 4 nitrogen and oxygen atoms in total. The lowest BCUT2D eigenvalue weighted by Gasteiger charge is -2.09. The summed E-state index contributed by atoms with van der Waals surface area (Å²) in [5, 5.41) is 17.9. The lowest BCUT2D eigenvalue weighted by atomic mass is 10.3. The molecule has 6 heteroatoms. The number of hydrogen-bond acceptors (Lipinski definition) is 6. The second-order valence-electron chi connectivity index (χ2n) is 3.88. The Morgan fingerprint density at radius 3 is 3.17 bits per heavy atom. The average molecular weight is 284 g/mol. The van der Waals surface area contributed by atoms with E-state index in [9.17, 15) is 5.11 Å². The molecule has 0 aliphatic heterocycles. The van der Waals surface area contributed by atoms with Crippen LogP contribution < -0.4 is 5.32 Å². The number of aliphatic hydroxyl groups is 1. The molecule has 0 saturated heterocycles. The third-order valence-corrected chi connectivity index (χ3v) is 4.09. The van der Waals surface area contributed by atoms with Crippen molar-refractivity contribution in [2.75, 3.05) is 20.3 Å². The number of hydrogen-bond donors (Lipinski definition) is 2. The zero-order valence-electron chi connectivity index (χ0n) is 10.1. The number of thiazole rings is 1. The van der Waals surface area contributed by atoms with Crippen LogP contribution in [-0.2, 0) is 11.3 Å². The maximum atomic E-state index is 9.48. The minimum atomic E-state index is -0.459. The van der Waals surface area contributed by atoms with Gasteiger partial charge in [-0.3, -0.25) is 0 Å². The Balaban J connectivity index is 1.81. The highest BCUT2D eigenvalue weighted by molar-refractivity contribution is 7.15. The number of nitrogens with one attached hydrogen (secondary N) is 1. The number of methoxy groups -OCH3 is 1. The lowest BCUT2D eigenvalue weighted by molar-refractivity contribution is 0.0644. The van der Waals surface area contributed by atoms with Crippen molar-refractivity contribution in [1.29, 1.82) is 0 Å². The molecule has 2 rings (SSSR count). The van der Waals surface area contributed by atoms with E-state index < -0.39 is 6.10 Å². The van der Waals surface area contributed by atoms with Gasteiger partial charge in [0.2, 0.25) is 0 Å². The molecule has 1 atom stereocenters. The summed E-state index contributed by atoms with van der Waals surface area (Å²) in [6.07, 6.45) is 1.42. The molecule has 0 bridgehead atoms. The van der Waals surface area contributed by atoms with Gasteiger partial charge in [-0.1, -0.05) is 0 Å². The van der Waals surface area contributed by atoms with Crippen LogP contribution in [0.1, 0.15) is 4.88 Å². The van der Waals surface area contributed by atoms with Crippen molar-refractivity contribution in [1.82, 2.24) is 10.3 Å². The number of thiophene rings is 1. The molecule has 1 unspecified atom stereocenters. The molecular weight excluding hydrogens is 268 g/mol. The van der Waals surface area contributed by atoms with E-state index in [4.69, 9.17) is 4.74 Å². The molecule has 0 radical (unpaired) electrons. The Bertz CT molecular complexity index is 456. The third kappa shape index (κ3) is 3.86. The van der Waals surface area contributed by atoms with Crippen molar-refractivity contribution >= 4 is 22.7 Å². The van der Waals surface area contributed by atoms with E-state index in [2.05, 4.69) is 27.1 Å². The maximum Gasteiger partial charge on any atom is 0.124 e. The first-order chi connectivity index (χ1) is 8.79. The van der Waals surface area contributed by atoms with Gasteiger partial charge in [0, 0.05) is 42.2 Å². The van der Waals surface area contributed by atoms with Crippen LogP contribution in [0.4, 0.5) is 0 Å². The Labute approximate surface area is 114 Å². The summed E-state index contributed by atoms with van der Waals surface area (Å²) in [7, 11) is 1.58. The Morgan fingerprint density at radius 1 is 1.56 bits per heavy atom. The molecule has 98 valence electrons. The molecule has 2 N–H and O–H groups in total. The molecule has 0 aliphatic carbocycles. The molecular formula is C12H16N2O2S2. The molecule has 2 aromatic rings. The fourth-order valence-electron chi connectivity index (χ4n) is 1.52. The number of aromatic nitrogens is 1. The van der Waals surface area contributed by atoms with Crippen molar-refractivity contribution in [2.45, 2.75) is 12.6 Å². The van der Waals surface area contributed by atoms with E-state index in [1.54, 1.807) is 29.8 Å². The van der Waals surface area contributed by atoms with Gasteiger partial charge in [-0.05, 0) is 11.4 Å². The summed E-state index contributed by atoms with van der Waals surface area (Å²) in [6.45, 7) is 1.61. The van der Waals surface area contributed by atoms with Crippen LogP contribution in [0.15, 0.2) is 23.0 Å². The maximum absolute atomic E-state index is 9.48. The van der Waals surface area contributed by atoms with Gasteiger partial charge in [-0.2, -0.15) is 11.3 Å². The van der Waals surface area contributed by atoms with E-state index in [0.717, 1.165) is 11.6 Å². The van der Waals surface area contributed by atoms with E-state index in [0.29, 0.717) is 13.2 Å². The SMILES string of the molecule is COCC(O)CNCc1cnc(-c2ccsc2)s1. The zero-order chi connectivity index (χ0) is 12.8. The van der Waals surface area contributed by atoms with Crippen molar-refractivity contribution in [3.63, 3.8) is 0 Å². The van der Waals surface area contributed by atoms with E-state index in [-0.39, 0.29) is 0 Å². The number of aliphatic hydroxyl groups excluding tert-OH is 1. The molecule has 0 aliphatic rings. The largest absolute Gasteiger partial charge is 0.389 e. The van der Waals surface area contributed by atoms with Crippen molar-refractivity contribution in [3.8, 4) is 10.6 Å². The summed E-state index contributed by atoms with van der Waals surface area (Å²) in [5.41, 5.74) is 1.18.